The molecule has 2 atom stereocenters. The predicted molar refractivity (Wildman–Crippen MR) is 138 cm³/mol. The molecule has 0 unspecified atom stereocenters. The standard InChI is InChI=1S/C25H26BrN5O2S/c1-16-8-9-18(12-27-16)22-15-34-23(30-22)13-29-25(33)21-7-4-10-31(17(21)2)24(32)14-28-20-6-3-5-19(26)11-20/h3,5-6,8-9,11-12,14-15,17,21H,4,7,10,13H2,1-2H3,(H,29,33)/t17-,21-/m0/s1. The number of carbonyl (C=O) groups is 2. The molecule has 2 aromatic heterocycles. The van der Waals surface area contributed by atoms with Crippen LogP contribution < -0.4 is 5.32 Å². The van der Waals surface area contributed by atoms with Crippen LogP contribution in [0.2, 0.25) is 0 Å². The van der Waals surface area contributed by atoms with Gasteiger partial charge in [-0.05, 0) is 57.0 Å². The van der Waals surface area contributed by atoms with Crippen LogP contribution in [0.4, 0.5) is 5.69 Å². The third kappa shape index (κ3) is 5.95. The Morgan fingerprint density at radius 3 is 2.94 bits per heavy atom. The number of halogens is 1. The zero-order valence-corrected chi connectivity index (χ0v) is 21.5. The molecule has 1 aromatic carbocycles. The summed E-state index contributed by atoms with van der Waals surface area (Å²) in [7, 11) is 0. The van der Waals surface area contributed by atoms with Gasteiger partial charge in [-0.25, -0.2) is 4.98 Å². The molecule has 4 rings (SSSR count). The van der Waals surface area contributed by atoms with Crippen molar-refractivity contribution in [1.29, 1.82) is 0 Å². The molecular weight excluding hydrogens is 514 g/mol. The molecule has 2 amide bonds. The molecule has 3 aromatic rings. The highest BCUT2D eigenvalue weighted by molar-refractivity contribution is 9.10. The molecule has 7 nitrogen and oxygen atoms in total. The normalized spacial score (nSPS) is 18.3. The molecule has 34 heavy (non-hydrogen) atoms. The molecule has 1 N–H and O–H groups in total. The summed E-state index contributed by atoms with van der Waals surface area (Å²) in [5.41, 5.74) is 3.47. The highest BCUT2D eigenvalue weighted by Crippen LogP contribution is 2.25. The first-order valence-corrected chi connectivity index (χ1v) is 12.8. The second-order valence-electron chi connectivity index (χ2n) is 8.29. The maximum Gasteiger partial charge on any atom is 0.265 e. The Morgan fingerprint density at radius 2 is 2.18 bits per heavy atom. The van der Waals surface area contributed by atoms with Crippen LogP contribution in [0.15, 0.2) is 57.4 Å². The van der Waals surface area contributed by atoms with Crippen LogP contribution in [0.1, 0.15) is 30.5 Å². The highest BCUT2D eigenvalue weighted by Gasteiger charge is 2.34. The zero-order chi connectivity index (χ0) is 24.1. The lowest BCUT2D eigenvalue weighted by atomic mass is 9.89. The van der Waals surface area contributed by atoms with Gasteiger partial charge in [0.1, 0.15) is 5.01 Å². The summed E-state index contributed by atoms with van der Waals surface area (Å²) in [5.74, 6) is -0.498. The molecule has 1 aliphatic heterocycles. The molecule has 3 heterocycles. The highest BCUT2D eigenvalue weighted by atomic mass is 79.9. The van der Waals surface area contributed by atoms with Gasteiger partial charge in [-0.3, -0.25) is 19.6 Å². The van der Waals surface area contributed by atoms with Crippen LogP contribution in [0.25, 0.3) is 11.3 Å². The number of aromatic nitrogens is 2. The monoisotopic (exact) mass is 539 g/mol. The molecule has 0 saturated carbocycles. The third-order valence-corrected chi connectivity index (χ3v) is 7.25. The van der Waals surface area contributed by atoms with Crippen LogP contribution in [0, 0.1) is 12.8 Å². The first-order valence-electron chi connectivity index (χ1n) is 11.2. The van der Waals surface area contributed by atoms with E-state index in [1.54, 1.807) is 4.90 Å². The molecule has 1 aliphatic rings. The molecule has 0 aliphatic carbocycles. The van der Waals surface area contributed by atoms with Crippen LogP contribution in [-0.2, 0) is 16.1 Å². The van der Waals surface area contributed by atoms with Gasteiger partial charge in [0.25, 0.3) is 5.91 Å². The van der Waals surface area contributed by atoms with Gasteiger partial charge in [0.05, 0.1) is 30.1 Å². The van der Waals surface area contributed by atoms with E-state index in [-0.39, 0.29) is 23.8 Å². The van der Waals surface area contributed by atoms with E-state index in [0.29, 0.717) is 18.8 Å². The zero-order valence-electron chi connectivity index (χ0n) is 19.1. The van der Waals surface area contributed by atoms with Crippen LogP contribution >= 0.6 is 27.3 Å². The summed E-state index contributed by atoms with van der Waals surface area (Å²) >= 11 is 4.92. The number of aliphatic imine (C=N–C) groups is 1. The van der Waals surface area contributed by atoms with E-state index in [9.17, 15) is 9.59 Å². The van der Waals surface area contributed by atoms with Crippen molar-refractivity contribution >= 4 is 51.0 Å². The SMILES string of the molecule is Cc1ccc(-c2csc(CNC(=O)[C@H]3CCCN(C(=O)C=Nc4cccc(Br)c4)[C@H]3C)n2)cn1. The number of aryl methyl sites for hydroxylation is 1. The summed E-state index contributed by atoms with van der Waals surface area (Å²) in [6.07, 6.45) is 4.68. The number of hydrogen-bond donors (Lipinski definition) is 1. The maximum atomic E-state index is 13.0. The van der Waals surface area contributed by atoms with E-state index in [1.165, 1.54) is 17.6 Å². The number of carbonyl (C=O) groups excluding carboxylic acids is 2. The molecule has 0 radical (unpaired) electrons. The summed E-state index contributed by atoms with van der Waals surface area (Å²) in [6.45, 7) is 4.86. The number of thiazole rings is 1. The van der Waals surface area contributed by atoms with Gasteiger partial charge >= 0.3 is 0 Å². The van der Waals surface area contributed by atoms with Crippen LogP contribution in [-0.4, -0.2) is 45.5 Å². The lowest BCUT2D eigenvalue weighted by Crippen LogP contribution is -2.51. The van der Waals surface area contributed by atoms with E-state index >= 15 is 0 Å². The molecule has 176 valence electrons. The van der Waals surface area contributed by atoms with Gasteiger partial charge in [0, 0.05) is 39.9 Å². The van der Waals surface area contributed by atoms with E-state index in [1.807, 2.05) is 61.8 Å². The Morgan fingerprint density at radius 1 is 1.32 bits per heavy atom. The number of likely N-dealkylation sites (tertiary alicyclic amines) is 1. The average Bonchev–Trinajstić information content (AvgIpc) is 3.31. The van der Waals surface area contributed by atoms with Crippen molar-refractivity contribution in [2.75, 3.05) is 6.54 Å². The first kappa shape index (κ1) is 24.2. The number of rotatable bonds is 6. The number of piperidine rings is 1. The Bertz CT molecular complexity index is 1190. The Balaban J connectivity index is 1.34. The predicted octanol–water partition coefficient (Wildman–Crippen LogP) is 4.92. The van der Waals surface area contributed by atoms with Crippen LogP contribution in [0.5, 0.6) is 0 Å². The van der Waals surface area contributed by atoms with Crippen molar-refractivity contribution in [2.24, 2.45) is 10.9 Å². The van der Waals surface area contributed by atoms with Crippen molar-refractivity contribution in [3.05, 3.63) is 63.1 Å². The van der Waals surface area contributed by atoms with Gasteiger partial charge < -0.3 is 10.2 Å². The molecule has 0 spiro atoms. The van der Waals surface area contributed by atoms with E-state index < -0.39 is 0 Å². The Labute approximate surface area is 211 Å². The fourth-order valence-corrected chi connectivity index (χ4v) is 5.13. The topological polar surface area (TPSA) is 87.5 Å². The largest absolute Gasteiger partial charge is 0.349 e. The molecule has 1 fully saturated rings. The maximum absolute atomic E-state index is 13.0. The van der Waals surface area contributed by atoms with E-state index in [0.717, 1.165) is 39.3 Å². The Kier molecular flexibility index (Phi) is 7.84. The third-order valence-electron chi connectivity index (χ3n) is 5.91. The van der Waals surface area contributed by atoms with Crippen molar-refractivity contribution in [2.45, 2.75) is 39.3 Å². The molecular formula is C25H26BrN5O2S. The fraction of sp³-hybridized carbons (Fsp3) is 0.320. The number of benzene rings is 1. The smallest absolute Gasteiger partial charge is 0.265 e. The van der Waals surface area contributed by atoms with Gasteiger partial charge in [0.15, 0.2) is 0 Å². The van der Waals surface area contributed by atoms with Crippen molar-refractivity contribution in [3.8, 4) is 11.3 Å². The number of pyridine rings is 1. The number of hydrogen-bond acceptors (Lipinski definition) is 6. The summed E-state index contributed by atoms with van der Waals surface area (Å²) in [6, 6.07) is 11.2. The number of nitrogens with zero attached hydrogens (tertiary/aromatic N) is 4. The van der Waals surface area contributed by atoms with E-state index in [4.69, 9.17) is 0 Å². The van der Waals surface area contributed by atoms with Gasteiger partial charge in [-0.2, -0.15) is 0 Å². The van der Waals surface area contributed by atoms with Crippen molar-refractivity contribution < 1.29 is 9.59 Å². The minimum Gasteiger partial charge on any atom is -0.349 e. The second kappa shape index (κ2) is 11.0. The van der Waals surface area contributed by atoms with Crippen molar-refractivity contribution in [3.63, 3.8) is 0 Å². The number of amides is 2. The minimum atomic E-state index is -0.266. The Hall–Kier alpha value is -2.91. The van der Waals surface area contributed by atoms with Gasteiger partial charge in [-0.15, -0.1) is 11.3 Å². The summed E-state index contributed by atoms with van der Waals surface area (Å²) in [4.78, 5) is 40.7. The van der Waals surface area contributed by atoms with E-state index in [2.05, 4.69) is 36.2 Å². The molecule has 9 heteroatoms. The fourth-order valence-electron chi connectivity index (χ4n) is 4.00. The number of nitrogens with one attached hydrogen (secondary N) is 1. The lowest BCUT2D eigenvalue weighted by Gasteiger charge is -2.37. The van der Waals surface area contributed by atoms with Gasteiger partial charge in [0.2, 0.25) is 5.91 Å². The van der Waals surface area contributed by atoms with Crippen LogP contribution in [0.3, 0.4) is 0 Å². The molecule has 1 saturated heterocycles. The average molecular weight is 540 g/mol. The molecule has 0 bridgehead atoms. The second-order valence-corrected chi connectivity index (χ2v) is 10.1. The summed E-state index contributed by atoms with van der Waals surface area (Å²) < 4.78 is 0.903. The quantitative estimate of drug-likeness (QED) is 0.450. The van der Waals surface area contributed by atoms with Gasteiger partial charge in [-0.1, -0.05) is 22.0 Å². The van der Waals surface area contributed by atoms with Crippen molar-refractivity contribution in [1.82, 2.24) is 20.2 Å². The summed E-state index contributed by atoms with van der Waals surface area (Å²) in [5, 5.41) is 5.82. The lowest BCUT2D eigenvalue weighted by molar-refractivity contribution is -0.134. The minimum absolute atomic E-state index is 0.0531. The first-order chi connectivity index (χ1) is 16.4.